The van der Waals surface area contributed by atoms with Crippen molar-refractivity contribution in [1.82, 2.24) is 24.4 Å². The number of benzene rings is 2. The number of carbonyl (C=O) groups excluding carboxylic acids is 1. The van der Waals surface area contributed by atoms with Crippen LogP contribution in [-0.4, -0.2) is 76.9 Å². The van der Waals surface area contributed by atoms with E-state index in [1.54, 1.807) is 55.8 Å². The number of aromatic nitrogens is 4. The lowest BCUT2D eigenvalue weighted by atomic mass is 10.2. The van der Waals surface area contributed by atoms with E-state index in [0.717, 1.165) is 49.2 Å². The van der Waals surface area contributed by atoms with Crippen molar-refractivity contribution < 1.29 is 23.7 Å². The van der Waals surface area contributed by atoms with Crippen molar-refractivity contribution in [2.45, 2.75) is 6.42 Å². The number of fused-ring (bicyclic) bond motifs is 2. The van der Waals surface area contributed by atoms with Gasteiger partial charge in [-0.3, -0.25) is 19.5 Å². The summed E-state index contributed by atoms with van der Waals surface area (Å²) in [7, 11) is 1.59. The zero-order valence-corrected chi connectivity index (χ0v) is 23.6. The summed E-state index contributed by atoms with van der Waals surface area (Å²) in [5, 5.41) is 1.06. The molecular weight excluding hydrogens is 552 g/mol. The second kappa shape index (κ2) is 12.4. The van der Waals surface area contributed by atoms with E-state index in [1.165, 1.54) is 6.20 Å². The lowest BCUT2D eigenvalue weighted by Gasteiger charge is -2.26. The van der Waals surface area contributed by atoms with Crippen molar-refractivity contribution in [3.63, 3.8) is 0 Å². The predicted octanol–water partition coefficient (Wildman–Crippen LogP) is 3.33. The molecule has 1 aliphatic heterocycles. The maximum Gasteiger partial charge on any atom is 0.285 e. The van der Waals surface area contributed by atoms with E-state index in [4.69, 9.17) is 24.7 Å². The molecule has 0 saturated carbocycles. The largest absolute Gasteiger partial charge is 0.493 e. The number of hydrogen-bond donors (Lipinski definition) is 1. The maximum absolute atomic E-state index is 13.2. The zero-order valence-electron chi connectivity index (χ0n) is 23.6. The van der Waals surface area contributed by atoms with Crippen molar-refractivity contribution in [2.75, 3.05) is 46.6 Å². The fourth-order valence-corrected chi connectivity index (χ4v) is 4.99. The minimum absolute atomic E-state index is 0.182. The summed E-state index contributed by atoms with van der Waals surface area (Å²) in [5.41, 5.74) is 6.15. The highest BCUT2D eigenvalue weighted by molar-refractivity contribution is 5.92. The Morgan fingerprint density at radius 3 is 2.58 bits per heavy atom. The maximum atomic E-state index is 13.2. The molecule has 0 spiro atoms. The Labute approximate surface area is 246 Å². The van der Waals surface area contributed by atoms with Crippen molar-refractivity contribution in [1.29, 1.82) is 0 Å². The third-order valence-electron chi connectivity index (χ3n) is 7.14. The van der Waals surface area contributed by atoms with E-state index in [1.807, 2.05) is 12.1 Å². The molecule has 0 unspecified atom stereocenters. The molecule has 12 nitrogen and oxygen atoms in total. The quantitative estimate of drug-likeness (QED) is 0.244. The molecule has 0 radical (unpaired) electrons. The van der Waals surface area contributed by atoms with Crippen LogP contribution in [0.4, 0.5) is 0 Å². The number of para-hydroxylation sites is 1. The van der Waals surface area contributed by atoms with Crippen LogP contribution in [0, 0.1) is 0 Å². The van der Waals surface area contributed by atoms with Crippen LogP contribution in [0.1, 0.15) is 17.0 Å². The Balaban J connectivity index is 1.22. The Morgan fingerprint density at radius 2 is 1.81 bits per heavy atom. The van der Waals surface area contributed by atoms with Crippen LogP contribution in [0.2, 0.25) is 0 Å². The van der Waals surface area contributed by atoms with Crippen LogP contribution in [0.25, 0.3) is 27.6 Å². The van der Waals surface area contributed by atoms with E-state index in [2.05, 4.69) is 19.9 Å². The van der Waals surface area contributed by atoms with Gasteiger partial charge >= 0.3 is 0 Å². The molecule has 6 rings (SSSR count). The molecule has 0 bridgehead atoms. The number of morpholine rings is 1. The van der Waals surface area contributed by atoms with E-state index >= 15 is 0 Å². The number of rotatable bonds is 10. The Bertz CT molecular complexity index is 1840. The molecule has 2 N–H and O–H groups in total. The number of methoxy groups -OCH3 is 1. The first kappa shape index (κ1) is 28.1. The number of pyridine rings is 2. The molecule has 12 heteroatoms. The van der Waals surface area contributed by atoms with E-state index < -0.39 is 11.5 Å². The van der Waals surface area contributed by atoms with Gasteiger partial charge in [0, 0.05) is 37.3 Å². The van der Waals surface area contributed by atoms with Crippen molar-refractivity contribution in [3.05, 3.63) is 83.2 Å². The second-order valence-corrected chi connectivity index (χ2v) is 9.90. The van der Waals surface area contributed by atoms with Gasteiger partial charge in [0.2, 0.25) is 5.82 Å². The van der Waals surface area contributed by atoms with Crippen LogP contribution >= 0.6 is 0 Å². The summed E-state index contributed by atoms with van der Waals surface area (Å²) in [4.78, 5) is 40.9. The van der Waals surface area contributed by atoms with Gasteiger partial charge in [-0.1, -0.05) is 12.1 Å². The van der Waals surface area contributed by atoms with Crippen LogP contribution in [0.5, 0.6) is 23.0 Å². The summed E-state index contributed by atoms with van der Waals surface area (Å²) in [6, 6.07) is 15.3. The fraction of sp³-hybridized carbons (Fsp3) is 0.258. The molecule has 1 fully saturated rings. The molecule has 4 heterocycles. The average Bonchev–Trinajstić information content (AvgIpc) is 3.04. The number of hydrogen-bond acceptors (Lipinski definition) is 10. The minimum atomic E-state index is -0.845. The van der Waals surface area contributed by atoms with Gasteiger partial charge in [-0.15, -0.1) is 0 Å². The number of carbonyl (C=O) groups is 1. The molecule has 1 saturated heterocycles. The lowest BCUT2D eigenvalue weighted by molar-refractivity contribution is 0.0357. The SMILES string of the molecule is COc1cc2c(Oc3ccc(-n4c(C(N)=O)nc5ccccc5c4=O)nc3)ccnc2cc1OCCCN1CCOCC1. The van der Waals surface area contributed by atoms with E-state index in [0.29, 0.717) is 46.0 Å². The molecule has 1 aliphatic rings. The summed E-state index contributed by atoms with van der Waals surface area (Å²) in [6.45, 7) is 4.91. The van der Waals surface area contributed by atoms with Crippen molar-refractivity contribution >= 4 is 27.7 Å². The first-order valence-corrected chi connectivity index (χ1v) is 13.9. The average molecular weight is 583 g/mol. The van der Waals surface area contributed by atoms with Gasteiger partial charge in [-0.05, 0) is 42.8 Å². The van der Waals surface area contributed by atoms with E-state index in [9.17, 15) is 9.59 Å². The minimum Gasteiger partial charge on any atom is -0.493 e. The number of amides is 1. The molecular formula is C31H30N6O6. The first-order valence-electron chi connectivity index (χ1n) is 13.9. The van der Waals surface area contributed by atoms with Gasteiger partial charge < -0.3 is 24.7 Å². The Morgan fingerprint density at radius 1 is 0.977 bits per heavy atom. The van der Waals surface area contributed by atoms with Gasteiger partial charge in [0.25, 0.3) is 11.5 Å². The zero-order chi connectivity index (χ0) is 29.8. The van der Waals surface area contributed by atoms with Crippen LogP contribution < -0.4 is 25.5 Å². The highest BCUT2D eigenvalue weighted by atomic mass is 16.5. The van der Waals surface area contributed by atoms with Crippen LogP contribution in [-0.2, 0) is 4.74 Å². The molecule has 43 heavy (non-hydrogen) atoms. The number of nitrogens with zero attached hydrogens (tertiary/aromatic N) is 5. The first-order chi connectivity index (χ1) is 21.0. The highest BCUT2D eigenvalue weighted by Crippen LogP contribution is 2.37. The molecule has 5 aromatic rings. The van der Waals surface area contributed by atoms with Gasteiger partial charge in [0.1, 0.15) is 17.3 Å². The molecule has 2 aromatic carbocycles. The Hall–Kier alpha value is -5.07. The Kier molecular flexibility index (Phi) is 8.11. The summed E-state index contributed by atoms with van der Waals surface area (Å²) >= 11 is 0. The normalized spacial score (nSPS) is 13.7. The number of nitrogens with two attached hydrogens (primary N) is 1. The predicted molar refractivity (Wildman–Crippen MR) is 159 cm³/mol. The molecule has 3 aromatic heterocycles. The van der Waals surface area contributed by atoms with Gasteiger partial charge in [0.15, 0.2) is 11.5 Å². The highest BCUT2D eigenvalue weighted by Gasteiger charge is 2.18. The fourth-order valence-electron chi connectivity index (χ4n) is 4.99. The van der Waals surface area contributed by atoms with Gasteiger partial charge in [0.05, 0.1) is 49.5 Å². The van der Waals surface area contributed by atoms with Crippen LogP contribution in [0.3, 0.4) is 0 Å². The van der Waals surface area contributed by atoms with Crippen LogP contribution in [0.15, 0.2) is 71.8 Å². The van der Waals surface area contributed by atoms with Gasteiger partial charge in [-0.25, -0.2) is 14.5 Å². The number of ether oxygens (including phenoxy) is 4. The van der Waals surface area contributed by atoms with Crippen molar-refractivity contribution in [2.24, 2.45) is 5.73 Å². The molecule has 220 valence electrons. The second-order valence-electron chi connectivity index (χ2n) is 9.90. The summed E-state index contributed by atoms with van der Waals surface area (Å²) in [5.74, 6) is 1.22. The lowest BCUT2D eigenvalue weighted by Crippen LogP contribution is -2.37. The molecule has 0 aliphatic carbocycles. The summed E-state index contributed by atoms with van der Waals surface area (Å²) in [6.07, 6.45) is 3.98. The van der Waals surface area contributed by atoms with E-state index in [-0.39, 0.29) is 11.6 Å². The smallest absolute Gasteiger partial charge is 0.285 e. The monoisotopic (exact) mass is 582 g/mol. The number of primary amides is 1. The molecule has 0 atom stereocenters. The van der Waals surface area contributed by atoms with Gasteiger partial charge in [-0.2, -0.15) is 0 Å². The third-order valence-corrected chi connectivity index (χ3v) is 7.14. The topological polar surface area (TPSA) is 144 Å². The summed E-state index contributed by atoms with van der Waals surface area (Å²) < 4.78 is 24.3. The van der Waals surface area contributed by atoms with Crippen molar-refractivity contribution in [3.8, 4) is 28.8 Å². The third kappa shape index (κ3) is 5.96. The standard InChI is InChI=1S/C31H30N6O6/c1-40-26-17-22-24(18-27(26)42-14-4-11-36-12-15-41-16-13-36)33-10-9-25(22)43-20-7-8-28(34-19-20)37-30(29(32)38)35-23-6-3-2-5-21(23)31(37)39/h2-3,5-10,17-19H,4,11-16H2,1H3,(H2,32,38). The molecule has 1 amide bonds.